The molecule has 0 saturated carbocycles. The summed E-state index contributed by atoms with van der Waals surface area (Å²) in [5.74, 6) is -1.15. The van der Waals surface area contributed by atoms with Crippen molar-refractivity contribution < 1.29 is 19.4 Å². The lowest BCUT2D eigenvalue weighted by atomic mass is 9.98. The molecule has 1 aliphatic heterocycles. The number of carbonyl (C=O) groups excluding carboxylic acids is 1. The van der Waals surface area contributed by atoms with Crippen LogP contribution in [0, 0.1) is 6.92 Å². The van der Waals surface area contributed by atoms with Gasteiger partial charge >= 0.3 is 12.1 Å². The highest BCUT2D eigenvalue weighted by atomic mass is 16.5. The molecule has 1 saturated heterocycles. The zero-order chi connectivity index (χ0) is 25.1. The lowest BCUT2D eigenvalue weighted by Crippen LogP contribution is -2.43. The minimum atomic E-state index is -1.08. The molecule has 1 fully saturated rings. The van der Waals surface area contributed by atoms with Gasteiger partial charge in [-0.2, -0.15) is 0 Å². The standard InChI is InChI=1S/C30H32N2O4/c1-20-17-22(32-15-7-2-8-16-32)14-13-21(20)18-28(29(33)34)31-30(35)36-19-27-25-11-5-3-9-23(25)24-10-4-6-12-26(24)27/h3-6,9-14,17,27-28H,2,7-8,15-16,18-19H2,1H3,(H,31,35)(H,33,34). The van der Waals surface area contributed by atoms with Gasteiger partial charge in [-0.3, -0.25) is 0 Å². The van der Waals surface area contributed by atoms with E-state index in [2.05, 4.69) is 46.6 Å². The molecule has 0 radical (unpaired) electrons. The predicted molar refractivity (Wildman–Crippen MR) is 141 cm³/mol. The van der Waals surface area contributed by atoms with Crippen LogP contribution in [-0.2, 0) is 16.0 Å². The number of carbonyl (C=O) groups is 2. The molecule has 0 bridgehead atoms. The van der Waals surface area contributed by atoms with E-state index in [-0.39, 0.29) is 18.9 Å². The molecule has 1 unspecified atom stereocenters. The van der Waals surface area contributed by atoms with Crippen molar-refractivity contribution >= 4 is 17.7 Å². The Labute approximate surface area is 211 Å². The Kier molecular flexibility index (Phi) is 6.94. The fourth-order valence-electron chi connectivity index (χ4n) is 5.46. The first-order chi connectivity index (χ1) is 17.5. The lowest BCUT2D eigenvalue weighted by molar-refractivity contribution is -0.139. The summed E-state index contributed by atoms with van der Waals surface area (Å²) in [7, 11) is 0. The minimum Gasteiger partial charge on any atom is -0.480 e. The fraction of sp³-hybridized carbons (Fsp3) is 0.333. The average molecular weight is 485 g/mol. The number of aryl methyl sites for hydroxylation is 1. The summed E-state index contributed by atoms with van der Waals surface area (Å²) in [6, 6.07) is 21.3. The number of ether oxygens (including phenoxy) is 1. The Bertz CT molecular complexity index is 1220. The summed E-state index contributed by atoms with van der Waals surface area (Å²) in [6.07, 6.45) is 3.16. The number of hydrogen-bond acceptors (Lipinski definition) is 4. The summed E-state index contributed by atoms with van der Waals surface area (Å²) in [5.41, 5.74) is 7.63. The molecule has 1 atom stereocenters. The van der Waals surface area contributed by atoms with Crippen LogP contribution in [0.3, 0.4) is 0 Å². The molecule has 186 valence electrons. The highest BCUT2D eigenvalue weighted by Gasteiger charge is 2.30. The van der Waals surface area contributed by atoms with E-state index >= 15 is 0 Å². The van der Waals surface area contributed by atoms with Crippen LogP contribution < -0.4 is 10.2 Å². The largest absolute Gasteiger partial charge is 0.480 e. The van der Waals surface area contributed by atoms with Gasteiger partial charge in [0, 0.05) is 31.1 Å². The molecule has 2 aliphatic rings. The second-order valence-corrected chi connectivity index (χ2v) is 9.72. The van der Waals surface area contributed by atoms with E-state index in [1.165, 1.54) is 24.9 Å². The normalized spacial score (nSPS) is 15.6. The van der Waals surface area contributed by atoms with Crippen molar-refractivity contribution in [3.05, 3.63) is 89.0 Å². The molecular weight excluding hydrogens is 452 g/mol. The van der Waals surface area contributed by atoms with E-state index in [1.54, 1.807) is 0 Å². The minimum absolute atomic E-state index is 0.0731. The highest BCUT2D eigenvalue weighted by Crippen LogP contribution is 2.44. The number of rotatable bonds is 7. The summed E-state index contributed by atoms with van der Waals surface area (Å²) in [6.45, 7) is 4.25. The number of alkyl carbamates (subject to hydrolysis) is 1. The Morgan fingerprint density at radius 2 is 1.61 bits per heavy atom. The van der Waals surface area contributed by atoms with Crippen molar-refractivity contribution in [2.45, 2.75) is 44.6 Å². The van der Waals surface area contributed by atoms with Crippen molar-refractivity contribution in [1.29, 1.82) is 0 Å². The van der Waals surface area contributed by atoms with Gasteiger partial charge in [0.05, 0.1) is 0 Å². The highest BCUT2D eigenvalue weighted by molar-refractivity contribution is 5.81. The van der Waals surface area contributed by atoms with E-state index in [0.717, 1.165) is 46.5 Å². The summed E-state index contributed by atoms with van der Waals surface area (Å²) in [4.78, 5) is 27.0. The number of fused-ring (bicyclic) bond motifs is 3. The Hall–Kier alpha value is -3.80. The first kappa shape index (κ1) is 23.9. The smallest absolute Gasteiger partial charge is 0.407 e. The van der Waals surface area contributed by atoms with Crippen molar-refractivity contribution in [3.8, 4) is 11.1 Å². The zero-order valence-electron chi connectivity index (χ0n) is 20.6. The maximum absolute atomic E-state index is 12.7. The van der Waals surface area contributed by atoms with E-state index in [9.17, 15) is 14.7 Å². The molecule has 3 aromatic carbocycles. The number of benzene rings is 3. The first-order valence-electron chi connectivity index (χ1n) is 12.7. The number of aliphatic carboxylic acids is 1. The molecule has 0 spiro atoms. The maximum Gasteiger partial charge on any atom is 0.407 e. The number of nitrogens with one attached hydrogen (secondary N) is 1. The monoisotopic (exact) mass is 484 g/mol. The zero-order valence-corrected chi connectivity index (χ0v) is 20.6. The van der Waals surface area contributed by atoms with Crippen LogP contribution in [0.15, 0.2) is 66.7 Å². The van der Waals surface area contributed by atoms with E-state index < -0.39 is 18.1 Å². The van der Waals surface area contributed by atoms with E-state index in [1.807, 2.05) is 37.3 Å². The SMILES string of the molecule is Cc1cc(N2CCCCC2)ccc1CC(NC(=O)OCC1c2ccccc2-c2ccccc21)C(=O)O. The number of hydrogen-bond donors (Lipinski definition) is 2. The van der Waals surface area contributed by atoms with Crippen LogP contribution in [0.5, 0.6) is 0 Å². The molecule has 6 heteroatoms. The predicted octanol–water partition coefficient (Wildman–Crippen LogP) is 5.52. The molecule has 3 aromatic rings. The average Bonchev–Trinajstić information content (AvgIpc) is 3.22. The fourth-order valence-corrected chi connectivity index (χ4v) is 5.46. The molecular formula is C30H32N2O4. The maximum atomic E-state index is 12.7. The van der Waals surface area contributed by atoms with Gasteiger partial charge in [-0.25, -0.2) is 9.59 Å². The Morgan fingerprint density at radius 3 is 2.22 bits per heavy atom. The number of anilines is 1. The van der Waals surface area contributed by atoms with Crippen LogP contribution in [-0.4, -0.2) is 42.9 Å². The van der Waals surface area contributed by atoms with Crippen LogP contribution in [0.25, 0.3) is 11.1 Å². The first-order valence-corrected chi connectivity index (χ1v) is 12.7. The van der Waals surface area contributed by atoms with Gasteiger partial charge in [-0.1, -0.05) is 54.6 Å². The van der Waals surface area contributed by atoms with Gasteiger partial charge in [-0.15, -0.1) is 0 Å². The van der Waals surface area contributed by atoms with E-state index in [0.29, 0.717) is 0 Å². The molecule has 2 N–H and O–H groups in total. The van der Waals surface area contributed by atoms with Gasteiger partial charge in [0.2, 0.25) is 0 Å². The molecule has 1 amide bonds. The molecule has 6 nitrogen and oxygen atoms in total. The van der Waals surface area contributed by atoms with Gasteiger partial charge in [0.1, 0.15) is 12.6 Å². The number of carboxylic acids is 1. The Balaban J connectivity index is 1.23. The van der Waals surface area contributed by atoms with Crippen LogP contribution in [0.2, 0.25) is 0 Å². The number of piperidine rings is 1. The summed E-state index contributed by atoms with van der Waals surface area (Å²) >= 11 is 0. The van der Waals surface area contributed by atoms with Crippen molar-refractivity contribution in [2.24, 2.45) is 0 Å². The number of carboxylic acid groups (broad SMARTS) is 1. The van der Waals surface area contributed by atoms with Crippen molar-refractivity contribution in [2.75, 3.05) is 24.6 Å². The van der Waals surface area contributed by atoms with Crippen molar-refractivity contribution in [1.82, 2.24) is 5.32 Å². The topological polar surface area (TPSA) is 78.9 Å². The second-order valence-electron chi connectivity index (χ2n) is 9.72. The van der Waals surface area contributed by atoms with Crippen LogP contribution in [0.1, 0.15) is 47.4 Å². The molecule has 36 heavy (non-hydrogen) atoms. The molecule has 0 aromatic heterocycles. The van der Waals surface area contributed by atoms with Crippen molar-refractivity contribution in [3.63, 3.8) is 0 Å². The van der Waals surface area contributed by atoms with Gasteiger partial charge < -0.3 is 20.1 Å². The van der Waals surface area contributed by atoms with Crippen LogP contribution >= 0.6 is 0 Å². The van der Waals surface area contributed by atoms with Gasteiger partial charge in [0.25, 0.3) is 0 Å². The molecule has 5 rings (SSSR count). The third-order valence-corrected chi connectivity index (χ3v) is 7.41. The summed E-state index contributed by atoms with van der Waals surface area (Å²) < 4.78 is 5.57. The van der Waals surface area contributed by atoms with Crippen LogP contribution in [0.4, 0.5) is 10.5 Å². The molecule has 1 heterocycles. The quantitative estimate of drug-likeness (QED) is 0.462. The second kappa shape index (κ2) is 10.4. The third-order valence-electron chi connectivity index (χ3n) is 7.41. The summed E-state index contributed by atoms with van der Waals surface area (Å²) in [5, 5.41) is 12.4. The number of nitrogens with zero attached hydrogens (tertiary/aromatic N) is 1. The molecule has 1 aliphatic carbocycles. The van der Waals surface area contributed by atoms with Gasteiger partial charge in [-0.05, 0) is 71.7 Å². The number of amides is 1. The Morgan fingerprint density at radius 1 is 0.972 bits per heavy atom. The third kappa shape index (κ3) is 4.94. The van der Waals surface area contributed by atoms with E-state index in [4.69, 9.17) is 4.74 Å². The lowest BCUT2D eigenvalue weighted by Gasteiger charge is -2.29. The van der Waals surface area contributed by atoms with Gasteiger partial charge in [0.15, 0.2) is 0 Å².